The van der Waals surface area contributed by atoms with Gasteiger partial charge in [-0.25, -0.2) is 0 Å². The molecule has 138 valence electrons. The molecule has 5 rings (SSSR count). The lowest BCUT2D eigenvalue weighted by atomic mass is 9.82. The first-order valence-corrected chi connectivity index (χ1v) is 10.2. The fraction of sp³-hybridized carbons (Fsp3) is 0.120. The summed E-state index contributed by atoms with van der Waals surface area (Å²) in [5, 5.41) is 11.1. The number of halogens is 1. The van der Waals surface area contributed by atoms with E-state index in [1.54, 1.807) is 6.07 Å². The number of hydrogen-bond donors (Lipinski definition) is 2. The van der Waals surface area contributed by atoms with Crippen LogP contribution < -0.4 is 0 Å². The summed E-state index contributed by atoms with van der Waals surface area (Å²) in [4.78, 5) is 3.47. The zero-order chi connectivity index (χ0) is 19.3. The Morgan fingerprint density at radius 3 is 2.64 bits per heavy atom. The fourth-order valence-corrected chi connectivity index (χ4v) is 4.58. The molecule has 1 aliphatic carbocycles. The van der Waals surface area contributed by atoms with Gasteiger partial charge in [0.2, 0.25) is 0 Å². The Balaban J connectivity index is 1.72. The fourth-order valence-electron chi connectivity index (χ4n) is 4.32. The molecule has 0 radical (unpaired) electrons. The maximum Gasteiger partial charge on any atom is 0.115 e. The third-order valence-electron chi connectivity index (χ3n) is 5.64. The van der Waals surface area contributed by atoms with E-state index in [1.807, 2.05) is 12.1 Å². The van der Waals surface area contributed by atoms with Crippen molar-refractivity contribution in [3.63, 3.8) is 0 Å². The Kier molecular flexibility index (Phi) is 4.13. The van der Waals surface area contributed by atoms with Crippen molar-refractivity contribution in [1.29, 1.82) is 0 Å². The summed E-state index contributed by atoms with van der Waals surface area (Å²) in [6.45, 7) is 2.12. The lowest BCUT2D eigenvalue weighted by molar-refractivity contribution is 0.474. The van der Waals surface area contributed by atoms with E-state index in [0.717, 1.165) is 10.9 Å². The van der Waals surface area contributed by atoms with Crippen molar-refractivity contribution in [2.75, 3.05) is 0 Å². The highest BCUT2D eigenvalue weighted by atomic mass is 79.9. The van der Waals surface area contributed by atoms with Gasteiger partial charge >= 0.3 is 0 Å². The van der Waals surface area contributed by atoms with Crippen LogP contribution in [0.5, 0.6) is 5.75 Å². The highest BCUT2D eigenvalue weighted by Crippen LogP contribution is 2.45. The SMILES string of the molecule is Cc1ccc2c(C(C3=CCc4cc(O)ccc43)c3ccc(Br)cc3)c[nH]c2c1. The van der Waals surface area contributed by atoms with E-state index in [2.05, 4.69) is 82.6 Å². The number of aromatic amines is 1. The van der Waals surface area contributed by atoms with Gasteiger partial charge in [0.15, 0.2) is 0 Å². The number of phenols is 1. The van der Waals surface area contributed by atoms with Gasteiger partial charge in [-0.2, -0.15) is 0 Å². The molecule has 0 saturated heterocycles. The second-order valence-corrected chi connectivity index (χ2v) is 8.40. The van der Waals surface area contributed by atoms with Crippen LogP contribution >= 0.6 is 15.9 Å². The molecule has 0 amide bonds. The maximum absolute atomic E-state index is 9.89. The van der Waals surface area contributed by atoms with Crippen molar-refractivity contribution in [2.45, 2.75) is 19.3 Å². The zero-order valence-corrected chi connectivity index (χ0v) is 17.1. The summed E-state index contributed by atoms with van der Waals surface area (Å²) in [6.07, 6.45) is 5.31. The van der Waals surface area contributed by atoms with Crippen LogP contribution in [0.25, 0.3) is 16.5 Å². The largest absolute Gasteiger partial charge is 0.508 e. The van der Waals surface area contributed by atoms with Crippen LogP contribution in [0.4, 0.5) is 0 Å². The number of aryl methyl sites for hydroxylation is 1. The summed E-state index contributed by atoms with van der Waals surface area (Å²) in [5.74, 6) is 0.464. The van der Waals surface area contributed by atoms with Gasteiger partial charge in [0.1, 0.15) is 5.75 Å². The molecular formula is C25H20BrNO. The molecule has 0 aliphatic heterocycles. The van der Waals surface area contributed by atoms with Gasteiger partial charge in [-0.3, -0.25) is 0 Å². The second kappa shape index (κ2) is 6.68. The van der Waals surface area contributed by atoms with Crippen molar-refractivity contribution < 1.29 is 5.11 Å². The van der Waals surface area contributed by atoms with E-state index < -0.39 is 0 Å². The van der Waals surface area contributed by atoms with Crippen LogP contribution in [0.15, 0.2) is 77.4 Å². The smallest absolute Gasteiger partial charge is 0.115 e. The Bertz CT molecular complexity index is 1220. The number of benzene rings is 3. The van der Waals surface area contributed by atoms with Crippen LogP contribution in [0.1, 0.15) is 33.7 Å². The zero-order valence-electron chi connectivity index (χ0n) is 15.5. The molecule has 1 aliphatic rings. The number of fused-ring (bicyclic) bond motifs is 2. The standard InChI is InChI=1S/C25H20BrNO/c1-15-2-9-21-23(14-27-24(21)12-15)25(16-3-6-18(26)7-4-16)22-10-5-17-13-19(28)8-11-20(17)22/h2-4,6-14,25,27-28H,5H2,1H3. The van der Waals surface area contributed by atoms with Crippen molar-refractivity contribution in [3.05, 3.63) is 105 Å². The van der Waals surface area contributed by atoms with Gasteiger partial charge < -0.3 is 10.1 Å². The van der Waals surface area contributed by atoms with Crippen molar-refractivity contribution in [2.24, 2.45) is 0 Å². The van der Waals surface area contributed by atoms with Crippen molar-refractivity contribution in [1.82, 2.24) is 4.98 Å². The minimum Gasteiger partial charge on any atom is -0.508 e. The third kappa shape index (κ3) is 2.87. The minimum absolute atomic E-state index is 0.135. The molecule has 0 spiro atoms. The van der Waals surface area contributed by atoms with E-state index in [4.69, 9.17) is 0 Å². The molecule has 1 unspecified atom stereocenters. The van der Waals surface area contributed by atoms with E-state index >= 15 is 0 Å². The molecule has 2 N–H and O–H groups in total. The molecule has 28 heavy (non-hydrogen) atoms. The summed E-state index contributed by atoms with van der Waals surface area (Å²) < 4.78 is 1.08. The maximum atomic E-state index is 9.89. The summed E-state index contributed by atoms with van der Waals surface area (Å²) in [6, 6.07) is 20.9. The predicted molar refractivity (Wildman–Crippen MR) is 119 cm³/mol. The molecule has 1 heterocycles. The van der Waals surface area contributed by atoms with E-state index in [-0.39, 0.29) is 5.92 Å². The van der Waals surface area contributed by atoms with Crippen molar-refractivity contribution in [3.8, 4) is 5.75 Å². The average molecular weight is 430 g/mol. The third-order valence-corrected chi connectivity index (χ3v) is 6.16. The topological polar surface area (TPSA) is 36.0 Å². The number of phenolic OH excluding ortho intramolecular Hbond substituents is 1. The van der Waals surface area contributed by atoms with Crippen LogP contribution in [-0.2, 0) is 6.42 Å². The first kappa shape index (κ1) is 17.3. The summed E-state index contributed by atoms with van der Waals surface area (Å²) in [7, 11) is 0. The number of allylic oxidation sites excluding steroid dienone is 2. The van der Waals surface area contributed by atoms with Gasteiger partial charge in [0, 0.05) is 27.5 Å². The number of aromatic hydroxyl groups is 1. The molecule has 1 aromatic heterocycles. The monoisotopic (exact) mass is 429 g/mol. The molecule has 1 atom stereocenters. The molecule has 0 bridgehead atoms. The van der Waals surface area contributed by atoms with E-state index in [0.29, 0.717) is 5.75 Å². The van der Waals surface area contributed by atoms with Gasteiger partial charge in [-0.1, -0.05) is 52.3 Å². The molecule has 0 saturated carbocycles. The molecule has 3 aromatic carbocycles. The normalized spacial score (nSPS) is 14.1. The van der Waals surface area contributed by atoms with Gasteiger partial charge in [-0.15, -0.1) is 0 Å². The highest BCUT2D eigenvalue weighted by Gasteiger charge is 2.27. The first-order valence-electron chi connectivity index (χ1n) is 9.45. The van der Waals surface area contributed by atoms with Gasteiger partial charge in [-0.05, 0) is 77.1 Å². The Labute approximate surface area is 172 Å². The van der Waals surface area contributed by atoms with Gasteiger partial charge in [0.05, 0.1) is 0 Å². The summed E-state index contributed by atoms with van der Waals surface area (Å²) in [5.41, 5.74) is 8.68. The average Bonchev–Trinajstić information content (AvgIpc) is 3.28. The Hall–Kier alpha value is -2.78. The molecule has 0 fully saturated rings. The number of aromatic nitrogens is 1. The molecule has 2 nitrogen and oxygen atoms in total. The lowest BCUT2D eigenvalue weighted by Crippen LogP contribution is -2.03. The van der Waals surface area contributed by atoms with Gasteiger partial charge in [0.25, 0.3) is 0 Å². The van der Waals surface area contributed by atoms with E-state index in [9.17, 15) is 5.11 Å². The quantitative estimate of drug-likeness (QED) is 0.372. The highest BCUT2D eigenvalue weighted by molar-refractivity contribution is 9.10. The lowest BCUT2D eigenvalue weighted by Gasteiger charge is -2.21. The molecule has 4 aromatic rings. The number of nitrogens with one attached hydrogen (secondary N) is 1. The molecular weight excluding hydrogens is 410 g/mol. The van der Waals surface area contributed by atoms with Crippen LogP contribution in [0.3, 0.4) is 0 Å². The minimum atomic E-state index is 0.135. The first-order chi connectivity index (χ1) is 13.6. The number of hydrogen-bond acceptors (Lipinski definition) is 1. The van der Waals surface area contributed by atoms with E-state index in [1.165, 1.54) is 44.3 Å². The predicted octanol–water partition coefficient (Wildman–Crippen LogP) is 6.72. The Morgan fingerprint density at radius 1 is 1.00 bits per heavy atom. The second-order valence-electron chi connectivity index (χ2n) is 7.48. The molecule has 3 heteroatoms. The number of H-pyrrole nitrogens is 1. The Morgan fingerprint density at radius 2 is 1.82 bits per heavy atom. The summed E-state index contributed by atoms with van der Waals surface area (Å²) >= 11 is 3.56. The van der Waals surface area contributed by atoms with Crippen molar-refractivity contribution >= 4 is 32.4 Å². The number of rotatable bonds is 3. The van der Waals surface area contributed by atoms with Crippen LogP contribution in [-0.4, -0.2) is 10.1 Å². The van der Waals surface area contributed by atoms with Crippen LogP contribution in [0.2, 0.25) is 0 Å². The van der Waals surface area contributed by atoms with Crippen LogP contribution in [0, 0.1) is 6.92 Å².